The molecule has 1 saturated carbocycles. The SMILES string of the molecule is NS(=O)(=O)OC[C@@H]1C[C@@H](Oc2ncnc3nc(-c4c[nH]c5ccccc45)[nH]c23)C[C@@H]1O. The summed E-state index contributed by atoms with van der Waals surface area (Å²) in [6.45, 7) is -0.201. The van der Waals surface area contributed by atoms with E-state index >= 15 is 0 Å². The molecule has 3 atom stereocenters. The Morgan fingerprint density at radius 1 is 1.23 bits per heavy atom. The van der Waals surface area contributed by atoms with Gasteiger partial charge in [-0.3, -0.25) is 4.18 Å². The number of aromatic amines is 2. The fraction of sp³-hybridized carbons (Fsp3) is 0.316. The molecule has 5 N–H and O–H groups in total. The largest absolute Gasteiger partial charge is 0.473 e. The maximum Gasteiger partial charge on any atom is 0.333 e. The predicted molar refractivity (Wildman–Crippen MR) is 111 cm³/mol. The van der Waals surface area contributed by atoms with Gasteiger partial charge >= 0.3 is 10.3 Å². The Morgan fingerprint density at radius 3 is 2.90 bits per heavy atom. The first-order valence-corrected chi connectivity index (χ1v) is 11.1. The molecule has 1 aromatic carbocycles. The summed E-state index contributed by atoms with van der Waals surface area (Å²) in [6.07, 6.45) is 2.80. The second kappa shape index (κ2) is 7.57. The molecule has 5 rings (SSSR count). The van der Waals surface area contributed by atoms with E-state index in [1.165, 1.54) is 6.33 Å². The van der Waals surface area contributed by atoms with Crippen molar-refractivity contribution in [2.24, 2.45) is 11.1 Å². The molecule has 4 aromatic rings. The third kappa shape index (κ3) is 3.97. The highest BCUT2D eigenvalue weighted by atomic mass is 32.2. The lowest BCUT2D eigenvalue weighted by Crippen LogP contribution is -2.24. The van der Waals surface area contributed by atoms with E-state index in [0.29, 0.717) is 35.7 Å². The lowest BCUT2D eigenvalue weighted by Gasteiger charge is -2.13. The molecule has 0 saturated heterocycles. The predicted octanol–water partition coefficient (Wildman–Crippen LogP) is 1.24. The van der Waals surface area contributed by atoms with Crippen molar-refractivity contribution in [3.05, 3.63) is 36.8 Å². The lowest BCUT2D eigenvalue weighted by molar-refractivity contribution is 0.0986. The quantitative estimate of drug-likeness (QED) is 0.344. The van der Waals surface area contributed by atoms with Gasteiger partial charge in [0.25, 0.3) is 0 Å². The lowest BCUT2D eigenvalue weighted by atomic mass is 10.1. The van der Waals surface area contributed by atoms with Crippen LogP contribution in [-0.2, 0) is 14.5 Å². The molecule has 162 valence electrons. The van der Waals surface area contributed by atoms with Crippen LogP contribution in [0, 0.1) is 5.92 Å². The Hall–Kier alpha value is -3.06. The van der Waals surface area contributed by atoms with Crippen LogP contribution in [0.3, 0.4) is 0 Å². The molecule has 0 bridgehead atoms. The number of imidazole rings is 1. The minimum absolute atomic E-state index is 0.201. The first-order chi connectivity index (χ1) is 14.9. The molecule has 3 heterocycles. The number of nitrogens with two attached hydrogens (primary N) is 1. The maximum absolute atomic E-state index is 11.0. The Kier molecular flexibility index (Phi) is 4.85. The Morgan fingerprint density at radius 2 is 2.06 bits per heavy atom. The zero-order valence-corrected chi connectivity index (χ0v) is 17.0. The topological polar surface area (TPSA) is 169 Å². The van der Waals surface area contributed by atoms with Crippen LogP contribution in [0.25, 0.3) is 33.5 Å². The van der Waals surface area contributed by atoms with Crippen LogP contribution in [-0.4, -0.2) is 57.3 Å². The van der Waals surface area contributed by atoms with Crippen molar-refractivity contribution in [3.8, 4) is 17.3 Å². The monoisotopic (exact) mass is 444 g/mol. The summed E-state index contributed by atoms with van der Waals surface area (Å²) in [7, 11) is -4.06. The van der Waals surface area contributed by atoms with Gasteiger partial charge in [-0.1, -0.05) is 18.2 Å². The van der Waals surface area contributed by atoms with E-state index in [2.05, 4.69) is 29.1 Å². The molecule has 11 nitrogen and oxygen atoms in total. The molecule has 1 aliphatic rings. The molecule has 0 radical (unpaired) electrons. The van der Waals surface area contributed by atoms with Crippen LogP contribution in [0.15, 0.2) is 36.8 Å². The summed E-state index contributed by atoms with van der Waals surface area (Å²) in [4.78, 5) is 19.5. The number of hydrogen-bond acceptors (Lipinski definition) is 8. The first kappa shape index (κ1) is 19.9. The normalized spacial score (nSPS) is 21.8. The highest BCUT2D eigenvalue weighted by Gasteiger charge is 2.36. The van der Waals surface area contributed by atoms with Gasteiger partial charge in [-0.15, -0.1) is 0 Å². The number of H-pyrrole nitrogens is 2. The fourth-order valence-corrected chi connectivity index (χ4v) is 4.32. The van der Waals surface area contributed by atoms with Gasteiger partial charge in [0.05, 0.1) is 12.7 Å². The van der Waals surface area contributed by atoms with Crippen molar-refractivity contribution in [2.75, 3.05) is 6.61 Å². The van der Waals surface area contributed by atoms with Crippen LogP contribution in [0.1, 0.15) is 12.8 Å². The van der Waals surface area contributed by atoms with Crippen molar-refractivity contribution < 1.29 is 22.4 Å². The van der Waals surface area contributed by atoms with Crippen LogP contribution < -0.4 is 9.88 Å². The number of aromatic nitrogens is 5. The van der Waals surface area contributed by atoms with Crippen molar-refractivity contribution in [1.82, 2.24) is 24.9 Å². The van der Waals surface area contributed by atoms with Crippen molar-refractivity contribution in [2.45, 2.75) is 25.0 Å². The van der Waals surface area contributed by atoms with E-state index in [0.717, 1.165) is 16.5 Å². The number of rotatable bonds is 6. The van der Waals surface area contributed by atoms with Crippen LogP contribution >= 0.6 is 0 Å². The van der Waals surface area contributed by atoms with E-state index in [1.807, 2.05) is 30.5 Å². The second-order valence-electron chi connectivity index (χ2n) is 7.53. The molecular formula is C19H20N6O5S. The van der Waals surface area contributed by atoms with Crippen LogP contribution in [0.2, 0.25) is 0 Å². The number of ether oxygens (including phenoxy) is 1. The minimum atomic E-state index is -4.06. The maximum atomic E-state index is 11.0. The summed E-state index contributed by atoms with van der Waals surface area (Å²) in [6, 6.07) is 7.90. The summed E-state index contributed by atoms with van der Waals surface area (Å²) in [5, 5.41) is 16.1. The number of aliphatic hydroxyl groups is 1. The molecule has 0 spiro atoms. The van der Waals surface area contributed by atoms with Crippen LogP contribution in [0.4, 0.5) is 0 Å². The Labute approximate surface area is 176 Å². The van der Waals surface area contributed by atoms with Gasteiger partial charge in [0.2, 0.25) is 5.88 Å². The number of nitrogens with zero attached hydrogens (tertiary/aromatic N) is 3. The molecular weight excluding hydrogens is 424 g/mol. The van der Waals surface area contributed by atoms with E-state index in [1.54, 1.807) is 0 Å². The van der Waals surface area contributed by atoms with Crippen molar-refractivity contribution in [3.63, 3.8) is 0 Å². The Balaban J connectivity index is 1.39. The van der Waals surface area contributed by atoms with Gasteiger partial charge in [0, 0.05) is 35.0 Å². The summed E-state index contributed by atoms with van der Waals surface area (Å²) >= 11 is 0. The Bertz CT molecular complexity index is 1350. The molecule has 0 unspecified atom stereocenters. The van der Waals surface area contributed by atoms with Gasteiger partial charge in [-0.2, -0.15) is 13.4 Å². The number of benzene rings is 1. The smallest absolute Gasteiger partial charge is 0.333 e. The zero-order chi connectivity index (χ0) is 21.6. The van der Waals surface area contributed by atoms with Crippen LogP contribution in [0.5, 0.6) is 5.88 Å². The summed E-state index contributed by atoms with van der Waals surface area (Å²) < 4.78 is 32.7. The third-order valence-corrected chi connectivity index (χ3v) is 5.90. The fourth-order valence-electron chi connectivity index (χ4n) is 3.96. The molecule has 0 amide bonds. The van der Waals surface area contributed by atoms with Crippen molar-refractivity contribution >= 4 is 32.4 Å². The van der Waals surface area contributed by atoms with E-state index < -0.39 is 22.3 Å². The van der Waals surface area contributed by atoms with Crippen molar-refractivity contribution in [1.29, 1.82) is 0 Å². The average Bonchev–Trinajstić information content (AvgIpc) is 3.42. The number of fused-ring (bicyclic) bond motifs is 2. The van der Waals surface area contributed by atoms with Gasteiger partial charge in [0.15, 0.2) is 5.65 Å². The molecule has 0 aliphatic heterocycles. The second-order valence-corrected chi connectivity index (χ2v) is 8.75. The third-order valence-electron chi connectivity index (χ3n) is 5.44. The summed E-state index contributed by atoms with van der Waals surface area (Å²) in [5.74, 6) is 0.529. The van der Waals surface area contributed by atoms with E-state index in [-0.39, 0.29) is 12.7 Å². The molecule has 31 heavy (non-hydrogen) atoms. The molecule has 1 fully saturated rings. The highest BCUT2D eigenvalue weighted by Crippen LogP contribution is 2.33. The molecule has 1 aliphatic carbocycles. The average molecular weight is 444 g/mol. The number of aliphatic hydroxyl groups excluding tert-OH is 1. The standard InChI is InChI=1S/C19H20N6O5S/c20-31(27,28)29-8-10-5-11(6-15(10)26)30-19-16-18(22-9-23-19)25-17(24-16)13-7-21-14-4-2-1-3-12(13)14/h1-4,7,9-11,15,21,26H,5-6,8H2,(H2,20,27,28)(H,22,23,24,25)/t10-,11+,15-/m0/s1. The summed E-state index contributed by atoms with van der Waals surface area (Å²) in [5.41, 5.74) is 2.89. The number of hydrogen-bond donors (Lipinski definition) is 4. The van der Waals surface area contributed by atoms with Gasteiger partial charge in [-0.05, 0) is 12.5 Å². The van der Waals surface area contributed by atoms with Gasteiger partial charge in [0.1, 0.15) is 23.8 Å². The zero-order valence-electron chi connectivity index (χ0n) is 16.2. The number of para-hydroxylation sites is 1. The first-order valence-electron chi connectivity index (χ1n) is 9.66. The van der Waals surface area contributed by atoms with Gasteiger partial charge < -0.3 is 19.8 Å². The minimum Gasteiger partial charge on any atom is -0.473 e. The molecule has 12 heteroatoms. The van der Waals surface area contributed by atoms with E-state index in [9.17, 15) is 13.5 Å². The van der Waals surface area contributed by atoms with Gasteiger partial charge in [-0.25, -0.2) is 15.1 Å². The highest BCUT2D eigenvalue weighted by molar-refractivity contribution is 7.84. The van der Waals surface area contributed by atoms with E-state index in [4.69, 9.17) is 9.88 Å². The number of nitrogens with one attached hydrogen (secondary N) is 2. The molecule has 3 aromatic heterocycles.